The predicted octanol–water partition coefficient (Wildman–Crippen LogP) is 8.16. The third-order valence-electron chi connectivity index (χ3n) is 9.08. The van der Waals surface area contributed by atoms with Crippen LogP contribution in [-0.4, -0.2) is 78.6 Å². The summed E-state index contributed by atoms with van der Waals surface area (Å²) < 4.78 is 6.47. The van der Waals surface area contributed by atoms with Crippen LogP contribution in [0, 0.1) is 0 Å². The molecule has 0 aliphatic carbocycles. The van der Waals surface area contributed by atoms with E-state index in [0.29, 0.717) is 40.1 Å². The maximum Gasteiger partial charge on any atom is 0.240 e. The Hall–Kier alpha value is -0.920. The molecule has 1 amide bonds. The second kappa shape index (κ2) is 17.0. The molecule has 10 heteroatoms. The first kappa shape index (κ1) is 35.6. The first-order valence-electron chi connectivity index (χ1n) is 15.1. The Morgan fingerprint density at radius 3 is 2.07 bits per heavy atom. The number of halogens is 5. The van der Waals surface area contributed by atoms with E-state index < -0.39 is 0 Å². The lowest BCUT2D eigenvalue weighted by Crippen LogP contribution is -2.51. The monoisotopic (exact) mass is 677 g/mol. The highest BCUT2D eigenvalue weighted by Gasteiger charge is 2.34. The number of carbonyl (C=O) groups is 1. The van der Waals surface area contributed by atoms with Crippen molar-refractivity contribution in [3.63, 3.8) is 0 Å². The average molecular weight is 680 g/mol. The van der Waals surface area contributed by atoms with Crippen LogP contribution >= 0.6 is 59.6 Å². The predicted molar refractivity (Wildman–Crippen MR) is 180 cm³/mol. The summed E-state index contributed by atoms with van der Waals surface area (Å²) in [5.41, 5.74) is 2.20. The fraction of sp³-hybridized carbons (Fsp3) is 0.594. The summed E-state index contributed by atoms with van der Waals surface area (Å²) in [6, 6.07) is 11.9. The first-order chi connectivity index (χ1) is 19.4. The standard InChI is InChI=1S/C32H42Cl3N3O2.2ClH/c1-2-27(36-13-3-4-14-36)22-40-31-21-26(34)9-10-28(31)23-11-17-38(18-12-23)32(39)30(37-15-5-6-16-37)19-24-7-8-25(33)20-29(24)35;;/h7-10,20-21,23,27,30H,2-6,11-19,22H2,1H3;2*1H/t27?,30-;;/m1../s1. The maximum atomic E-state index is 13.9. The summed E-state index contributed by atoms with van der Waals surface area (Å²) in [6.45, 7) is 8.67. The van der Waals surface area contributed by atoms with Gasteiger partial charge in [0, 0.05) is 34.2 Å². The van der Waals surface area contributed by atoms with Gasteiger partial charge in [0.15, 0.2) is 0 Å². The van der Waals surface area contributed by atoms with Crippen molar-refractivity contribution < 1.29 is 9.53 Å². The van der Waals surface area contributed by atoms with E-state index in [2.05, 4.69) is 27.7 Å². The van der Waals surface area contributed by atoms with Crippen LogP contribution < -0.4 is 4.74 Å². The number of amides is 1. The van der Waals surface area contributed by atoms with Crippen molar-refractivity contribution in [3.05, 3.63) is 62.6 Å². The molecule has 3 aliphatic heterocycles. The van der Waals surface area contributed by atoms with E-state index in [-0.39, 0.29) is 36.8 Å². The smallest absolute Gasteiger partial charge is 0.240 e. The van der Waals surface area contributed by atoms with E-state index in [9.17, 15) is 4.79 Å². The molecule has 0 bridgehead atoms. The normalized spacial score (nSPS) is 19.7. The van der Waals surface area contributed by atoms with Gasteiger partial charge in [-0.25, -0.2) is 0 Å². The lowest BCUT2D eigenvalue weighted by atomic mass is 9.88. The fourth-order valence-corrected chi connectivity index (χ4v) is 7.34. The minimum atomic E-state index is -0.191. The summed E-state index contributed by atoms with van der Waals surface area (Å²) in [4.78, 5) is 20.9. The Balaban J connectivity index is 0.00000242. The summed E-state index contributed by atoms with van der Waals surface area (Å²) in [5.74, 6) is 1.47. The number of piperidine rings is 1. The minimum absolute atomic E-state index is 0. The SMILES string of the molecule is CCC(COc1cc(Cl)ccc1C1CCN(C(=O)[C@@H](Cc2ccc(Cl)cc2Cl)N2CCCC2)CC1)N1CCCC1.Cl.Cl. The molecule has 2 aromatic rings. The lowest BCUT2D eigenvalue weighted by Gasteiger charge is -2.37. The van der Waals surface area contributed by atoms with E-state index in [0.717, 1.165) is 69.6 Å². The van der Waals surface area contributed by atoms with Gasteiger partial charge in [0.1, 0.15) is 12.4 Å². The van der Waals surface area contributed by atoms with Crippen LogP contribution in [0.5, 0.6) is 5.75 Å². The van der Waals surface area contributed by atoms with Crippen molar-refractivity contribution in [2.75, 3.05) is 45.9 Å². The Kier molecular flexibility index (Phi) is 14.4. The number of hydrogen-bond donors (Lipinski definition) is 0. The lowest BCUT2D eigenvalue weighted by molar-refractivity contribution is -0.137. The largest absolute Gasteiger partial charge is 0.492 e. The van der Waals surface area contributed by atoms with E-state index in [1.54, 1.807) is 6.07 Å². The third-order valence-corrected chi connectivity index (χ3v) is 9.90. The molecule has 1 unspecified atom stereocenters. The Morgan fingerprint density at radius 1 is 0.857 bits per heavy atom. The molecule has 3 aliphatic rings. The molecule has 42 heavy (non-hydrogen) atoms. The molecule has 3 heterocycles. The van der Waals surface area contributed by atoms with E-state index in [1.165, 1.54) is 31.5 Å². The molecule has 5 nitrogen and oxygen atoms in total. The van der Waals surface area contributed by atoms with Gasteiger partial charge < -0.3 is 9.64 Å². The van der Waals surface area contributed by atoms with Crippen LogP contribution in [-0.2, 0) is 11.2 Å². The molecule has 5 rings (SSSR count). The molecular formula is C32H44Cl5N3O2. The Labute approximate surface area is 279 Å². The molecule has 3 saturated heterocycles. The van der Waals surface area contributed by atoms with Crippen molar-refractivity contribution in [1.29, 1.82) is 0 Å². The van der Waals surface area contributed by atoms with E-state index >= 15 is 0 Å². The second-order valence-electron chi connectivity index (χ2n) is 11.6. The Bertz CT molecular complexity index is 1150. The first-order valence-corrected chi connectivity index (χ1v) is 16.2. The van der Waals surface area contributed by atoms with Crippen LogP contribution in [0.15, 0.2) is 36.4 Å². The third kappa shape index (κ3) is 8.84. The highest BCUT2D eigenvalue weighted by atomic mass is 35.5. The number of ether oxygens (including phenoxy) is 1. The van der Waals surface area contributed by atoms with Gasteiger partial charge in [-0.15, -0.1) is 24.8 Å². The summed E-state index contributed by atoms with van der Waals surface area (Å²) in [5, 5.41) is 1.95. The quantitative estimate of drug-likeness (QED) is 0.254. The zero-order valence-electron chi connectivity index (χ0n) is 24.4. The number of rotatable bonds is 10. The molecule has 0 saturated carbocycles. The van der Waals surface area contributed by atoms with Crippen molar-refractivity contribution in [1.82, 2.24) is 14.7 Å². The molecule has 3 fully saturated rings. The highest BCUT2D eigenvalue weighted by Crippen LogP contribution is 2.37. The molecule has 2 aromatic carbocycles. The van der Waals surface area contributed by atoms with Crippen molar-refractivity contribution in [2.24, 2.45) is 0 Å². The van der Waals surface area contributed by atoms with Gasteiger partial charge in [-0.05, 0) is 119 Å². The highest BCUT2D eigenvalue weighted by molar-refractivity contribution is 6.35. The van der Waals surface area contributed by atoms with Crippen molar-refractivity contribution >= 4 is 65.5 Å². The zero-order chi connectivity index (χ0) is 28.1. The summed E-state index contributed by atoms with van der Waals surface area (Å²) in [6.07, 6.45) is 8.36. The van der Waals surface area contributed by atoms with Crippen LogP contribution in [0.4, 0.5) is 0 Å². The van der Waals surface area contributed by atoms with Gasteiger partial charge in [0.2, 0.25) is 5.91 Å². The number of likely N-dealkylation sites (tertiary alicyclic amines) is 3. The Morgan fingerprint density at radius 2 is 1.45 bits per heavy atom. The van der Waals surface area contributed by atoms with Gasteiger partial charge in [-0.1, -0.05) is 53.9 Å². The number of nitrogens with zero attached hydrogens (tertiary/aromatic N) is 3. The van der Waals surface area contributed by atoms with E-state index in [1.807, 2.05) is 24.3 Å². The fourth-order valence-electron chi connectivity index (χ4n) is 6.69. The molecule has 0 radical (unpaired) electrons. The van der Waals surface area contributed by atoms with Gasteiger partial charge in [-0.2, -0.15) is 0 Å². The van der Waals surface area contributed by atoms with Crippen LogP contribution in [0.1, 0.15) is 68.9 Å². The second-order valence-corrected chi connectivity index (χ2v) is 12.9. The van der Waals surface area contributed by atoms with Gasteiger partial charge in [0.25, 0.3) is 0 Å². The summed E-state index contributed by atoms with van der Waals surface area (Å²) in [7, 11) is 0. The van der Waals surface area contributed by atoms with Gasteiger partial charge in [0.05, 0.1) is 6.04 Å². The molecule has 0 N–H and O–H groups in total. The van der Waals surface area contributed by atoms with Gasteiger partial charge in [-0.3, -0.25) is 14.6 Å². The number of carbonyl (C=O) groups excluding carboxylic acids is 1. The van der Waals surface area contributed by atoms with Crippen LogP contribution in [0.3, 0.4) is 0 Å². The molecule has 0 spiro atoms. The number of hydrogen-bond acceptors (Lipinski definition) is 4. The topological polar surface area (TPSA) is 36.0 Å². The minimum Gasteiger partial charge on any atom is -0.492 e. The zero-order valence-corrected chi connectivity index (χ0v) is 28.3. The maximum absolute atomic E-state index is 13.9. The molecular weight excluding hydrogens is 636 g/mol. The van der Waals surface area contributed by atoms with Gasteiger partial charge >= 0.3 is 0 Å². The van der Waals surface area contributed by atoms with Crippen molar-refractivity contribution in [2.45, 2.75) is 76.3 Å². The van der Waals surface area contributed by atoms with E-state index in [4.69, 9.17) is 39.5 Å². The molecule has 234 valence electrons. The average Bonchev–Trinajstić information content (AvgIpc) is 3.68. The molecule has 0 aromatic heterocycles. The summed E-state index contributed by atoms with van der Waals surface area (Å²) >= 11 is 19.1. The molecule has 2 atom stereocenters. The van der Waals surface area contributed by atoms with Crippen LogP contribution in [0.25, 0.3) is 0 Å². The number of benzene rings is 2. The van der Waals surface area contributed by atoms with Crippen LogP contribution in [0.2, 0.25) is 15.1 Å². The van der Waals surface area contributed by atoms with Crippen molar-refractivity contribution in [3.8, 4) is 5.75 Å².